The fourth-order valence-corrected chi connectivity index (χ4v) is 2.02. The van der Waals surface area contributed by atoms with Crippen LogP contribution in [0.5, 0.6) is 17.2 Å². The van der Waals surface area contributed by atoms with Crippen LogP contribution in [0.2, 0.25) is 5.02 Å². The SMILES string of the molecule is Oc1ccccc1Oc1cnn(-c2ccccc2Cl)c1. The molecule has 0 radical (unpaired) electrons. The third-order valence-electron chi connectivity index (χ3n) is 2.75. The van der Waals surface area contributed by atoms with Crippen LogP contribution < -0.4 is 4.74 Å². The van der Waals surface area contributed by atoms with Gasteiger partial charge in [-0.2, -0.15) is 5.10 Å². The number of hydrogen-bond acceptors (Lipinski definition) is 3. The van der Waals surface area contributed by atoms with Crippen molar-refractivity contribution in [3.63, 3.8) is 0 Å². The van der Waals surface area contributed by atoms with Crippen molar-refractivity contribution in [1.29, 1.82) is 0 Å². The molecule has 4 nitrogen and oxygen atoms in total. The highest BCUT2D eigenvalue weighted by molar-refractivity contribution is 6.32. The Bertz CT molecular complexity index is 740. The number of aromatic nitrogens is 2. The first-order valence-electron chi connectivity index (χ1n) is 5.99. The lowest BCUT2D eigenvalue weighted by atomic mass is 10.3. The Morgan fingerprint density at radius 3 is 2.60 bits per heavy atom. The minimum absolute atomic E-state index is 0.0815. The number of ether oxygens (including phenoxy) is 1. The maximum Gasteiger partial charge on any atom is 0.169 e. The molecular weight excluding hydrogens is 276 g/mol. The van der Waals surface area contributed by atoms with E-state index in [0.29, 0.717) is 16.5 Å². The third-order valence-corrected chi connectivity index (χ3v) is 3.07. The first-order chi connectivity index (χ1) is 9.74. The molecule has 0 unspecified atom stereocenters. The zero-order valence-electron chi connectivity index (χ0n) is 10.4. The van der Waals surface area contributed by atoms with Crippen LogP contribution >= 0.6 is 11.6 Å². The van der Waals surface area contributed by atoms with Crippen molar-refractivity contribution in [1.82, 2.24) is 9.78 Å². The van der Waals surface area contributed by atoms with E-state index in [1.807, 2.05) is 18.2 Å². The number of phenols is 1. The van der Waals surface area contributed by atoms with Gasteiger partial charge in [0, 0.05) is 0 Å². The van der Waals surface area contributed by atoms with Gasteiger partial charge < -0.3 is 9.84 Å². The number of benzene rings is 2. The molecule has 3 aromatic rings. The Morgan fingerprint density at radius 2 is 1.80 bits per heavy atom. The molecule has 0 aliphatic carbocycles. The van der Waals surface area contributed by atoms with Crippen molar-refractivity contribution in [3.05, 3.63) is 65.9 Å². The molecular formula is C15H11ClN2O2. The summed E-state index contributed by atoms with van der Waals surface area (Å²) in [6.45, 7) is 0. The number of rotatable bonds is 3. The molecule has 0 bridgehead atoms. The van der Waals surface area contributed by atoms with Crippen molar-refractivity contribution in [3.8, 4) is 22.9 Å². The number of nitrogens with zero attached hydrogens (tertiary/aromatic N) is 2. The molecule has 0 amide bonds. The van der Waals surface area contributed by atoms with Gasteiger partial charge in [-0.3, -0.25) is 0 Å². The molecule has 1 N–H and O–H groups in total. The van der Waals surface area contributed by atoms with Gasteiger partial charge in [0.25, 0.3) is 0 Å². The van der Waals surface area contributed by atoms with E-state index in [4.69, 9.17) is 16.3 Å². The zero-order valence-corrected chi connectivity index (χ0v) is 11.2. The number of hydrogen-bond donors (Lipinski definition) is 1. The highest BCUT2D eigenvalue weighted by Gasteiger charge is 2.07. The number of aromatic hydroxyl groups is 1. The maximum absolute atomic E-state index is 9.67. The average Bonchev–Trinajstić information content (AvgIpc) is 2.90. The van der Waals surface area contributed by atoms with Gasteiger partial charge in [-0.1, -0.05) is 35.9 Å². The molecule has 2 aromatic carbocycles. The Kier molecular flexibility index (Phi) is 3.31. The van der Waals surface area contributed by atoms with Crippen molar-refractivity contribution in [2.45, 2.75) is 0 Å². The van der Waals surface area contributed by atoms with E-state index in [-0.39, 0.29) is 5.75 Å². The first-order valence-corrected chi connectivity index (χ1v) is 6.37. The minimum Gasteiger partial charge on any atom is -0.504 e. The van der Waals surface area contributed by atoms with Gasteiger partial charge in [0.1, 0.15) is 0 Å². The molecule has 5 heteroatoms. The fraction of sp³-hybridized carbons (Fsp3) is 0. The van der Waals surface area contributed by atoms with Gasteiger partial charge in [-0.15, -0.1) is 0 Å². The lowest BCUT2D eigenvalue weighted by Gasteiger charge is -2.05. The summed E-state index contributed by atoms with van der Waals surface area (Å²) in [6, 6.07) is 14.2. The molecule has 0 spiro atoms. The van der Waals surface area contributed by atoms with Crippen LogP contribution in [0.4, 0.5) is 0 Å². The Balaban J connectivity index is 1.88. The topological polar surface area (TPSA) is 47.3 Å². The van der Waals surface area contributed by atoms with Crippen molar-refractivity contribution in [2.24, 2.45) is 0 Å². The summed E-state index contributed by atoms with van der Waals surface area (Å²) in [5.74, 6) is 0.982. The number of para-hydroxylation sites is 3. The first kappa shape index (κ1) is 12.6. The molecule has 20 heavy (non-hydrogen) atoms. The molecule has 100 valence electrons. The molecule has 1 heterocycles. The number of halogens is 1. The predicted molar refractivity (Wildman–Crippen MR) is 76.8 cm³/mol. The van der Waals surface area contributed by atoms with E-state index in [1.165, 1.54) is 0 Å². The van der Waals surface area contributed by atoms with Gasteiger partial charge in [0.2, 0.25) is 0 Å². The van der Waals surface area contributed by atoms with Crippen LogP contribution in [0.3, 0.4) is 0 Å². The van der Waals surface area contributed by atoms with Gasteiger partial charge >= 0.3 is 0 Å². The van der Waals surface area contributed by atoms with E-state index in [1.54, 1.807) is 47.4 Å². The lowest BCUT2D eigenvalue weighted by Crippen LogP contribution is -1.94. The summed E-state index contributed by atoms with van der Waals surface area (Å²) < 4.78 is 7.20. The third kappa shape index (κ3) is 2.46. The zero-order chi connectivity index (χ0) is 13.9. The second-order valence-electron chi connectivity index (χ2n) is 4.14. The van der Waals surface area contributed by atoms with Crippen LogP contribution in [-0.4, -0.2) is 14.9 Å². The van der Waals surface area contributed by atoms with Crippen molar-refractivity contribution < 1.29 is 9.84 Å². The normalized spacial score (nSPS) is 10.4. The second-order valence-corrected chi connectivity index (χ2v) is 4.55. The molecule has 0 saturated heterocycles. The molecule has 0 saturated carbocycles. The van der Waals surface area contributed by atoms with Crippen molar-refractivity contribution in [2.75, 3.05) is 0 Å². The molecule has 0 atom stereocenters. The maximum atomic E-state index is 9.67. The van der Waals surface area contributed by atoms with Gasteiger partial charge in [0.05, 0.1) is 23.1 Å². The summed E-state index contributed by atoms with van der Waals surface area (Å²) in [6.07, 6.45) is 3.27. The van der Waals surface area contributed by atoms with E-state index in [0.717, 1.165) is 5.69 Å². The molecule has 3 rings (SSSR count). The monoisotopic (exact) mass is 286 g/mol. The molecule has 0 fully saturated rings. The van der Waals surface area contributed by atoms with Gasteiger partial charge in [0.15, 0.2) is 17.2 Å². The van der Waals surface area contributed by atoms with Crippen LogP contribution in [-0.2, 0) is 0 Å². The van der Waals surface area contributed by atoms with E-state index >= 15 is 0 Å². The smallest absolute Gasteiger partial charge is 0.169 e. The van der Waals surface area contributed by atoms with Crippen LogP contribution in [0.25, 0.3) is 5.69 Å². The summed E-state index contributed by atoms with van der Waals surface area (Å²) in [5, 5.41) is 14.5. The standard InChI is InChI=1S/C15H11ClN2O2/c16-12-5-1-2-6-13(12)18-10-11(9-17-18)20-15-8-4-3-7-14(15)19/h1-10,19H. The van der Waals surface area contributed by atoms with E-state index in [2.05, 4.69) is 5.10 Å². The second kappa shape index (κ2) is 5.27. The van der Waals surface area contributed by atoms with Gasteiger partial charge in [-0.05, 0) is 24.3 Å². The Morgan fingerprint density at radius 1 is 1.05 bits per heavy atom. The molecule has 0 aliphatic heterocycles. The number of phenolic OH excluding ortho intramolecular Hbond substituents is 1. The van der Waals surface area contributed by atoms with Gasteiger partial charge in [-0.25, -0.2) is 4.68 Å². The minimum atomic E-state index is 0.0815. The lowest BCUT2D eigenvalue weighted by molar-refractivity contribution is 0.411. The summed E-state index contributed by atoms with van der Waals surface area (Å²) in [4.78, 5) is 0. The quantitative estimate of drug-likeness (QED) is 0.791. The van der Waals surface area contributed by atoms with E-state index < -0.39 is 0 Å². The van der Waals surface area contributed by atoms with Crippen LogP contribution in [0.15, 0.2) is 60.9 Å². The fourth-order valence-electron chi connectivity index (χ4n) is 1.80. The Labute approximate surface area is 120 Å². The van der Waals surface area contributed by atoms with Crippen LogP contribution in [0, 0.1) is 0 Å². The summed E-state index contributed by atoms with van der Waals surface area (Å²) in [5.41, 5.74) is 0.765. The summed E-state index contributed by atoms with van der Waals surface area (Å²) >= 11 is 6.11. The summed E-state index contributed by atoms with van der Waals surface area (Å²) in [7, 11) is 0. The largest absolute Gasteiger partial charge is 0.504 e. The van der Waals surface area contributed by atoms with Crippen LogP contribution in [0.1, 0.15) is 0 Å². The molecule has 0 aliphatic rings. The average molecular weight is 287 g/mol. The molecule has 1 aromatic heterocycles. The van der Waals surface area contributed by atoms with E-state index in [9.17, 15) is 5.11 Å². The highest BCUT2D eigenvalue weighted by atomic mass is 35.5. The highest BCUT2D eigenvalue weighted by Crippen LogP contribution is 2.30. The Hall–Kier alpha value is -2.46. The predicted octanol–water partition coefficient (Wildman–Crippen LogP) is 4.02. The van der Waals surface area contributed by atoms with Crippen molar-refractivity contribution >= 4 is 11.6 Å².